The van der Waals surface area contributed by atoms with Crippen molar-refractivity contribution in [3.63, 3.8) is 0 Å². The van der Waals surface area contributed by atoms with Crippen LogP contribution in [0.15, 0.2) is 36.5 Å². The molecular formula is C19H25N3O2. The largest absolute Gasteiger partial charge is 0.346 e. The lowest BCUT2D eigenvalue weighted by molar-refractivity contribution is -0.129. The smallest absolute Gasteiger partial charge is 0.224 e. The van der Waals surface area contributed by atoms with Crippen LogP contribution in [0.2, 0.25) is 0 Å². The van der Waals surface area contributed by atoms with Gasteiger partial charge < -0.3 is 9.80 Å². The number of anilines is 1. The van der Waals surface area contributed by atoms with Crippen LogP contribution in [0.5, 0.6) is 0 Å². The second kappa shape index (κ2) is 8.43. The van der Waals surface area contributed by atoms with Gasteiger partial charge in [0.05, 0.1) is 11.2 Å². The van der Waals surface area contributed by atoms with E-state index in [2.05, 4.69) is 11.9 Å². The first-order chi connectivity index (χ1) is 11.5. The topological polar surface area (TPSA) is 53.5 Å². The molecule has 0 aliphatic heterocycles. The van der Waals surface area contributed by atoms with Gasteiger partial charge in [-0.25, -0.2) is 0 Å². The number of aromatic nitrogens is 1. The van der Waals surface area contributed by atoms with Crippen molar-refractivity contribution >= 4 is 28.4 Å². The predicted molar refractivity (Wildman–Crippen MR) is 96.9 cm³/mol. The van der Waals surface area contributed by atoms with Crippen LogP contribution in [0.1, 0.15) is 33.1 Å². The van der Waals surface area contributed by atoms with Gasteiger partial charge in [-0.1, -0.05) is 31.5 Å². The molecule has 0 atom stereocenters. The zero-order valence-electron chi connectivity index (χ0n) is 14.7. The summed E-state index contributed by atoms with van der Waals surface area (Å²) in [6.45, 7) is 4.74. The molecule has 0 N–H and O–H groups in total. The maximum absolute atomic E-state index is 12.2. The van der Waals surface area contributed by atoms with Gasteiger partial charge in [0.15, 0.2) is 0 Å². The number of unbranched alkanes of at least 4 members (excludes halogenated alkanes) is 1. The van der Waals surface area contributed by atoms with Gasteiger partial charge in [-0.05, 0) is 18.6 Å². The molecule has 0 aliphatic carbocycles. The number of fused-ring (bicyclic) bond motifs is 1. The molecule has 2 aromatic rings. The molecule has 2 amide bonds. The fraction of sp³-hybridized carbons (Fsp3) is 0.421. The summed E-state index contributed by atoms with van der Waals surface area (Å²) in [6.07, 6.45) is 4.07. The van der Waals surface area contributed by atoms with Gasteiger partial charge >= 0.3 is 0 Å². The Labute approximate surface area is 143 Å². The van der Waals surface area contributed by atoms with Crippen molar-refractivity contribution in [2.75, 3.05) is 25.0 Å². The van der Waals surface area contributed by atoms with Gasteiger partial charge in [-0.2, -0.15) is 0 Å². The van der Waals surface area contributed by atoms with Crippen molar-refractivity contribution in [2.24, 2.45) is 0 Å². The first-order valence-corrected chi connectivity index (χ1v) is 8.40. The molecule has 1 heterocycles. The Kier molecular flexibility index (Phi) is 6.29. The van der Waals surface area contributed by atoms with Crippen LogP contribution in [-0.2, 0) is 9.59 Å². The highest BCUT2D eigenvalue weighted by molar-refractivity contribution is 6.01. The normalized spacial score (nSPS) is 10.6. The summed E-state index contributed by atoms with van der Waals surface area (Å²) < 4.78 is 0. The van der Waals surface area contributed by atoms with E-state index in [0.717, 1.165) is 36.0 Å². The van der Waals surface area contributed by atoms with Crippen molar-refractivity contribution in [3.05, 3.63) is 36.5 Å². The van der Waals surface area contributed by atoms with Gasteiger partial charge in [0.1, 0.15) is 0 Å². The van der Waals surface area contributed by atoms with E-state index in [1.165, 1.54) is 6.92 Å². The molecule has 1 aromatic carbocycles. The zero-order valence-corrected chi connectivity index (χ0v) is 14.7. The third-order valence-electron chi connectivity index (χ3n) is 4.10. The molecule has 0 saturated heterocycles. The van der Waals surface area contributed by atoms with E-state index in [9.17, 15) is 9.59 Å². The Hall–Kier alpha value is -2.43. The Bertz CT molecular complexity index is 709. The number of hydrogen-bond acceptors (Lipinski definition) is 3. The quantitative estimate of drug-likeness (QED) is 0.784. The summed E-state index contributed by atoms with van der Waals surface area (Å²) in [5, 5.41) is 0.979. The number of rotatable bonds is 7. The molecular weight excluding hydrogens is 302 g/mol. The van der Waals surface area contributed by atoms with E-state index >= 15 is 0 Å². The molecule has 0 unspecified atom stereocenters. The van der Waals surface area contributed by atoms with Gasteiger partial charge in [0.2, 0.25) is 11.8 Å². The van der Waals surface area contributed by atoms with Gasteiger partial charge in [0.25, 0.3) is 0 Å². The third kappa shape index (κ3) is 4.31. The van der Waals surface area contributed by atoms with Crippen LogP contribution in [0.25, 0.3) is 10.9 Å². The van der Waals surface area contributed by atoms with E-state index in [1.54, 1.807) is 16.0 Å². The molecule has 0 bridgehead atoms. The fourth-order valence-corrected chi connectivity index (χ4v) is 2.67. The van der Waals surface area contributed by atoms with Crippen LogP contribution in [-0.4, -0.2) is 41.8 Å². The van der Waals surface area contributed by atoms with Gasteiger partial charge in [-0.3, -0.25) is 14.6 Å². The first kappa shape index (κ1) is 17.9. The second-order valence-corrected chi connectivity index (χ2v) is 5.94. The predicted octanol–water partition coefficient (Wildman–Crippen LogP) is 3.24. The Morgan fingerprint density at radius 3 is 2.58 bits per heavy atom. The van der Waals surface area contributed by atoms with E-state index < -0.39 is 0 Å². The zero-order chi connectivity index (χ0) is 17.5. The lowest BCUT2D eigenvalue weighted by atomic mass is 10.1. The lowest BCUT2D eigenvalue weighted by Crippen LogP contribution is -2.35. The summed E-state index contributed by atoms with van der Waals surface area (Å²) >= 11 is 0. The van der Waals surface area contributed by atoms with Crippen LogP contribution in [0.3, 0.4) is 0 Å². The molecule has 2 rings (SSSR count). The number of carbonyl (C=O) groups is 2. The summed E-state index contributed by atoms with van der Waals surface area (Å²) in [7, 11) is 1.82. The lowest BCUT2D eigenvalue weighted by Gasteiger charge is -2.24. The Morgan fingerprint density at radius 2 is 1.88 bits per heavy atom. The number of para-hydroxylation sites is 1. The molecule has 0 radical (unpaired) electrons. The van der Waals surface area contributed by atoms with E-state index in [1.807, 2.05) is 37.4 Å². The van der Waals surface area contributed by atoms with Crippen molar-refractivity contribution < 1.29 is 9.59 Å². The molecule has 24 heavy (non-hydrogen) atoms. The summed E-state index contributed by atoms with van der Waals surface area (Å²) in [4.78, 5) is 32.1. The standard InChI is InChI=1S/C19H25N3O2/c1-4-5-13-21(3)18(24)11-14-22(15(2)23)17-10-6-8-16-9-7-12-20-19(16)17/h6-10,12H,4-5,11,13-14H2,1-3H3. The van der Waals surface area contributed by atoms with Crippen molar-refractivity contribution in [1.82, 2.24) is 9.88 Å². The minimum atomic E-state index is -0.0860. The molecule has 0 saturated carbocycles. The average molecular weight is 327 g/mol. The van der Waals surface area contributed by atoms with Crippen LogP contribution in [0, 0.1) is 0 Å². The number of carbonyl (C=O) groups excluding carboxylic acids is 2. The van der Waals surface area contributed by atoms with Crippen LogP contribution in [0.4, 0.5) is 5.69 Å². The molecule has 5 nitrogen and oxygen atoms in total. The SMILES string of the molecule is CCCCN(C)C(=O)CCN(C(C)=O)c1cccc2cccnc12. The van der Waals surface area contributed by atoms with E-state index in [-0.39, 0.29) is 11.8 Å². The molecule has 0 aliphatic rings. The van der Waals surface area contributed by atoms with E-state index in [4.69, 9.17) is 0 Å². The Balaban J connectivity index is 2.15. The van der Waals surface area contributed by atoms with E-state index in [0.29, 0.717) is 13.0 Å². The molecule has 0 spiro atoms. The minimum Gasteiger partial charge on any atom is -0.346 e. The van der Waals surface area contributed by atoms with Crippen molar-refractivity contribution in [3.8, 4) is 0 Å². The number of hydrogen-bond donors (Lipinski definition) is 0. The third-order valence-corrected chi connectivity index (χ3v) is 4.10. The highest BCUT2D eigenvalue weighted by Gasteiger charge is 2.17. The van der Waals surface area contributed by atoms with Crippen LogP contribution < -0.4 is 4.90 Å². The minimum absolute atomic E-state index is 0.0582. The maximum Gasteiger partial charge on any atom is 0.224 e. The number of amides is 2. The highest BCUT2D eigenvalue weighted by Crippen LogP contribution is 2.25. The monoisotopic (exact) mass is 327 g/mol. The second-order valence-electron chi connectivity index (χ2n) is 5.94. The fourth-order valence-electron chi connectivity index (χ4n) is 2.67. The van der Waals surface area contributed by atoms with Crippen molar-refractivity contribution in [2.45, 2.75) is 33.1 Å². The molecule has 5 heteroatoms. The van der Waals surface area contributed by atoms with Crippen molar-refractivity contribution in [1.29, 1.82) is 0 Å². The summed E-state index contributed by atoms with van der Waals surface area (Å²) in [6, 6.07) is 9.59. The molecule has 0 fully saturated rings. The highest BCUT2D eigenvalue weighted by atomic mass is 16.2. The summed E-state index contributed by atoms with van der Waals surface area (Å²) in [5.74, 6) is -0.0277. The average Bonchev–Trinajstić information content (AvgIpc) is 2.59. The molecule has 128 valence electrons. The maximum atomic E-state index is 12.2. The Morgan fingerprint density at radius 1 is 1.12 bits per heavy atom. The summed E-state index contributed by atoms with van der Waals surface area (Å²) in [5.41, 5.74) is 1.53. The van der Waals surface area contributed by atoms with Gasteiger partial charge in [-0.15, -0.1) is 0 Å². The first-order valence-electron chi connectivity index (χ1n) is 8.40. The van der Waals surface area contributed by atoms with Crippen LogP contribution >= 0.6 is 0 Å². The number of pyridine rings is 1. The van der Waals surface area contributed by atoms with Gasteiger partial charge in [0, 0.05) is 45.1 Å². The number of benzene rings is 1. The molecule has 1 aromatic heterocycles. The number of nitrogens with zero attached hydrogens (tertiary/aromatic N) is 3.